The standard InChI is InChI=1S/C16H22ClN3/c1-11-6-7-12-15(18-11)20(14(19-12)8-10-17)13-5-4-9-16(13,2)3/h6-7,13H,4-5,8-10H2,1-3H3. The zero-order valence-electron chi connectivity index (χ0n) is 12.5. The second-order valence-corrected chi connectivity index (χ2v) is 6.91. The van der Waals surface area contributed by atoms with E-state index in [1.807, 2.05) is 13.0 Å². The van der Waals surface area contributed by atoms with Crippen molar-refractivity contribution in [3.63, 3.8) is 0 Å². The summed E-state index contributed by atoms with van der Waals surface area (Å²) in [6.07, 6.45) is 4.57. The van der Waals surface area contributed by atoms with Crippen molar-refractivity contribution in [1.29, 1.82) is 0 Å². The Hall–Kier alpha value is -1.09. The molecule has 2 aromatic rings. The van der Waals surface area contributed by atoms with Crippen LogP contribution in [0.2, 0.25) is 0 Å². The second-order valence-electron chi connectivity index (χ2n) is 6.53. The predicted molar refractivity (Wildman–Crippen MR) is 83.4 cm³/mol. The number of aryl methyl sites for hydroxylation is 2. The van der Waals surface area contributed by atoms with E-state index in [0.717, 1.165) is 29.1 Å². The first-order valence-electron chi connectivity index (χ1n) is 7.43. The van der Waals surface area contributed by atoms with Crippen molar-refractivity contribution in [3.8, 4) is 0 Å². The van der Waals surface area contributed by atoms with Crippen LogP contribution in [0.1, 0.15) is 50.7 Å². The lowest BCUT2D eigenvalue weighted by molar-refractivity contribution is 0.260. The fourth-order valence-corrected chi connectivity index (χ4v) is 3.66. The molecule has 3 nitrogen and oxygen atoms in total. The lowest BCUT2D eigenvalue weighted by Gasteiger charge is -2.29. The number of nitrogens with zero attached hydrogens (tertiary/aromatic N) is 3. The van der Waals surface area contributed by atoms with Gasteiger partial charge < -0.3 is 4.57 Å². The van der Waals surface area contributed by atoms with Gasteiger partial charge in [-0.1, -0.05) is 20.3 Å². The summed E-state index contributed by atoms with van der Waals surface area (Å²) in [5.41, 5.74) is 3.38. The largest absolute Gasteiger partial charge is 0.309 e. The van der Waals surface area contributed by atoms with Gasteiger partial charge in [0.25, 0.3) is 0 Å². The highest BCUT2D eigenvalue weighted by atomic mass is 35.5. The van der Waals surface area contributed by atoms with Crippen LogP contribution < -0.4 is 0 Å². The lowest BCUT2D eigenvalue weighted by atomic mass is 9.87. The molecule has 1 aliphatic carbocycles. The second kappa shape index (κ2) is 5.03. The number of fused-ring (bicyclic) bond motifs is 1. The molecule has 1 fully saturated rings. The van der Waals surface area contributed by atoms with Gasteiger partial charge in [-0.2, -0.15) is 0 Å². The molecule has 4 heteroatoms. The number of halogens is 1. The topological polar surface area (TPSA) is 30.7 Å². The van der Waals surface area contributed by atoms with E-state index in [0.29, 0.717) is 17.3 Å². The summed E-state index contributed by atoms with van der Waals surface area (Å²) in [6, 6.07) is 4.60. The highest BCUT2D eigenvalue weighted by molar-refractivity contribution is 6.17. The Kier molecular flexibility index (Phi) is 3.49. The molecule has 3 rings (SSSR count). The molecular weight excluding hydrogens is 270 g/mol. The van der Waals surface area contributed by atoms with Crippen LogP contribution in [0.25, 0.3) is 11.2 Å². The molecule has 0 aromatic carbocycles. The number of imidazole rings is 1. The van der Waals surface area contributed by atoms with Gasteiger partial charge in [0.05, 0.1) is 0 Å². The van der Waals surface area contributed by atoms with Gasteiger partial charge in [0, 0.05) is 24.0 Å². The monoisotopic (exact) mass is 291 g/mol. The van der Waals surface area contributed by atoms with E-state index in [9.17, 15) is 0 Å². The Morgan fingerprint density at radius 2 is 2.15 bits per heavy atom. The van der Waals surface area contributed by atoms with Crippen molar-refractivity contribution in [1.82, 2.24) is 14.5 Å². The van der Waals surface area contributed by atoms with E-state index in [4.69, 9.17) is 21.6 Å². The van der Waals surface area contributed by atoms with Gasteiger partial charge in [-0.15, -0.1) is 11.6 Å². The van der Waals surface area contributed by atoms with Crippen LogP contribution >= 0.6 is 11.6 Å². The fourth-order valence-electron chi connectivity index (χ4n) is 3.49. The number of rotatable bonds is 3. The van der Waals surface area contributed by atoms with Crippen LogP contribution in [0.5, 0.6) is 0 Å². The lowest BCUT2D eigenvalue weighted by Crippen LogP contribution is -2.23. The molecule has 0 N–H and O–H groups in total. The van der Waals surface area contributed by atoms with Gasteiger partial charge in [-0.05, 0) is 37.3 Å². The zero-order chi connectivity index (χ0) is 14.3. The maximum Gasteiger partial charge on any atom is 0.160 e. The first-order chi connectivity index (χ1) is 9.53. The average Bonchev–Trinajstić information content (AvgIpc) is 2.89. The van der Waals surface area contributed by atoms with Gasteiger partial charge in [0.1, 0.15) is 11.3 Å². The molecule has 0 radical (unpaired) electrons. The molecule has 0 bridgehead atoms. The molecule has 1 atom stereocenters. The third-order valence-corrected chi connectivity index (χ3v) is 4.77. The molecule has 0 amide bonds. The van der Waals surface area contributed by atoms with Gasteiger partial charge in [-0.25, -0.2) is 9.97 Å². The summed E-state index contributed by atoms with van der Waals surface area (Å²) in [6.45, 7) is 6.76. The Bertz CT molecular complexity index is 630. The molecule has 0 saturated heterocycles. The van der Waals surface area contributed by atoms with Crippen molar-refractivity contribution in [2.45, 2.75) is 52.5 Å². The number of pyridine rings is 1. The van der Waals surface area contributed by atoms with Crippen LogP contribution in [-0.2, 0) is 6.42 Å². The van der Waals surface area contributed by atoms with Crippen molar-refractivity contribution in [3.05, 3.63) is 23.7 Å². The van der Waals surface area contributed by atoms with Gasteiger partial charge >= 0.3 is 0 Å². The summed E-state index contributed by atoms with van der Waals surface area (Å²) in [5, 5.41) is 0. The van der Waals surface area contributed by atoms with E-state index in [1.165, 1.54) is 19.3 Å². The van der Waals surface area contributed by atoms with Crippen LogP contribution in [0.4, 0.5) is 0 Å². The molecule has 1 saturated carbocycles. The van der Waals surface area contributed by atoms with Gasteiger partial charge in [0.15, 0.2) is 5.65 Å². The molecule has 1 unspecified atom stereocenters. The van der Waals surface area contributed by atoms with Crippen LogP contribution in [0.3, 0.4) is 0 Å². The van der Waals surface area contributed by atoms with E-state index in [2.05, 4.69) is 24.5 Å². The Morgan fingerprint density at radius 1 is 1.35 bits per heavy atom. The predicted octanol–water partition coefficient (Wildman–Crippen LogP) is 4.27. The molecular formula is C16H22ClN3. The third-order valence-electron chi connectivity index (χ3n) is 4.58. The van der Waals surface area contributed by atoms with Crippen LogP contribution in [0.15, 0.2) is 12.1 Å². The van der Waals surface area contributed by atoms with Crippen LogP contribution in [-0.4, -0.2) is 20.4 Å². The fraction of sp³-hybridized carbons (Fsp3) is 0.625. The van der Waals surface area contributed by atoms with E-state index >= 15 is 0 Å². The average molecular weight is 292 g/mol. The van der Waals surface area contributed by atoms with Crippen molar-refractivity contribution in [2.75, 3.05) is 5.88 Å². The molecule has 0 spiro atoms. The molecule has 2 aromatic heterocycles. The highest BCUT2D eigenvalue weighted by Gasteiger charge is 2.37. The summed E-state index contributed by atoms with van der Waals surface area (Å²) < 4.78 is 2.37. The summed E-state index contributed by atoms with van der Waals surface area (Å²) in [7, 11) is 0. The first kappa shape index (κ1) is 13.9. The first-order valence-corrected chi connectivity index (χ1v) is 7.97. The van der Waals surface area contributed by atoms with Crippen molar-refractivity contribution >= 4 is 22.8 Å². The Morgan fingerprint density at radius 3 is 2.80 bits per heavy atom. The minimum Gasteiger partial charge on any atom is -0.309 e. The molecule has 0 aliphatic heterocycles. The Balaban J connectivity index is 2.20. The van der Waals surface area contributed by atoms with E-state index < -0.39 is 0 Å². The zero-order valence-corrected chi connectivity index (χ0v) is 13.2. The Labute approximate surface area is 125 Å². The number of alkyl halides is 1. The number of hydrogen-bond donors (Lipinski definition) is 0. The van der Waals surface area contributed by atoms with Crippen molar-refractivity contribution in [2.24, 2.45) is 5.41 Å². The van der Waals surface area contributed by atoms with Gasteiger partial charge in [0.2, 0.25) is 0 Å². The molecule has 1 aliphatic rings. The highest BCUT2D eigenvalue weighted by Crippen LogP contribution is 2.47. The smallest absolute Gasteiger partial charge is 0.160 e. The summed E-state index contributed by atoms with van der Waals surface area (Å²) >= 11 is 5.97. The quantitative estimate of drug-likeness (QED) is 0.791. The molecule has 108 valence electrons. The SMILES string of the molecule is Cc1ccc2nc(CCCl)n(C3CCCC3(C)C)c2n1. The van der Waals surface area contributed by atoms with Crippen LogP contribution in [0, 0.1) is 12.3 Å². The van der Waals surface area contributed by atoms with E-state index in [1.54, 1.807) is 0 Å². The maximum absolute atomic E-state index is 5.97. The molecule has 20 heavy (non-hydrogen) atoms. The third kappa shape index (κ3) is 2.22. The molecule has 2 heterocycles. The minimum atomic E-state index is 0.306. The minimum absolute atomic E-state index is 0.306. The number of aromatic nitrogens is 3. The van der Waals surface area contributed by atoms with Crippen molar-refractivity contribution < 1.29 is 0 Å². The van der Waals surface area contributed by atoms with E-state index in [-0.39, 0.29) is 0 Å². The summed E-state index contributed by atoms with van der Waals surface area (Å²) in [5.74, 6) is 1.70. The number of hydrogen-bond acceptors (Lipinski definition) is 2. The van der Waals surface area contributed by atoms with Gasteiger partial charge in [-0.3, -0.25) is 0 Å². The normalized spacial score (nSPS) is 21.7. The summed E-state index contributed by atoms with van der Waals surface area (Å²) in [4.78, 5) is 9.52. The maximum atomic E-state index is 5.97.